The van der Waals surface area contributed by atoms with Crippen LogP contribution in [0.2, 0.25) is 0 Å². The molecule has 0 saturated carbocycles. The molecule has 7 heteroatoms. The number of rotatable bonds is 7. The normalized spacial score (nSPS) is 10.5. The highest BCUT2D eigenvalue weighted by atomic mass is 16.2. The Bertz CT molecular complexity index is 1270. The van der Waals surface area contributed by atoms with Crippen LogP contribution in [0.3, 0.4) is 0 Å². The topological polar surface area (TPSA) is 88.1 Å². The van der Waals surface area contributed by atoms with Crippen molar-refractivity contribution in [2.75, 3.05) is 22.5 Å². The molecule has 4 aromatic rings. The van der Waals surface area contributed by atoms with E-state index in [1.54, 1.807) is 18.2 Å². The predicted octanol–water partition coefficient (Wildman–Crippen LogP) is 4.79. The number of benzene rings is 3. The average molecular weight is 440 g/mol. The van der Waals surface area contributed by atoms with E-state index in [9.17, 15) is 9.59 Å². The fourth-order valence-electron chi connectivity index (χ4n) is 3.56. The van der Waals surface area contributed by atoms with Gasteiger partial charge in [0, 0.05) is 11.4 Å². The molecule has 4 rings (SSSR count). The molecule has 0 atom stereocenters. The van der Waals surface area contributed by atoms with Gasteiger partial charge in [0.1, 0.15) is 0 Å². The second-order valence-electron chi connectivity index (χ2n) is 7.56. The minimum atomic E-state index is -0.250. The van der Waals surface area contributed by atoms with Crippen LogP contribution in [0.25, 0.3) is 5.69 Å². The van der Waals surface area contributed by atoms with E-state index >= 15 is 0 Å². The summed E-state index contributed by atoms with van der Waals surface area (Å²) in [6.07, 6.45) is 0. The molecule has 33 heavy (non-hydrogen) atoms. The highest BCUT2D eigenvalue weighted by Gasteiger charge is 2.16. The molecule has 0 unspecified atom stereocenters. The van der Waals surface area contributed by atoms with Crippen molar-refractivity contribution in [3.63, 3.8) is 0 Å². The van der Waals surface area contributed by atoms with Gasteiger partial charge in [0.15, 0.2) is 0 Å². The first-order chi connectivity index (χ1) is 16.0. The molecule has 3 aromatic carbocycles. The van der Waals surface area contributed by atoms with Gasteiger partial charge in [-0.15, -0.1) is 0 Å². The number of carbonyl (C=O) groups is 2. The summed E-state index contributed by atoms with van der Waals surface area (Å²) < 4.78 is 1.81. The van der Waals surface area contributed by atoms with Gasteiger partial charge in [-0.3, -0.25) is 9.59 Å². The predicted molar refractivity (Wildman–Crippen MR) is 131 cm³/mol. The van der Waals surface area contributed by atoms with E-state index in [2.05, 4.69) is 21.0 Å². The minimum absolute atomic E-state index is 0.00499. The molecule has 0 aliphatic carbocycles. The van der Waals surface area contributed by atoms with E-state index < -0.39 is 0 Å². The molecule has 2 amide bonds. The zero-order chi connectivity index (χ0) is 23.2. The second kappa shape index (κ2) is 9.82. The summed E-state index contributed by atoms with van der Waals surface area (Å²) in [4.78, 5) is 25.4. The van der Waals surface area contributed by atoms with Gasteiger partial charge in [-0.05, 0) is 50.2 Å². The van der Waals surface area contributed by atoms with Crippen LogP contribution in [0.5, 0.6) is 0 Å². The van der Waals surface area contributed by atoms with Crippen LogP contribution in [0.15, 0.2) is 84.9 Å². The lowest BCUT2D eigenvalue weighted by Gasteiger charge is -2.13. The van der Waals surface area contributed by atoms with E-state index in [0.29, 0.717) is 22.6 Å². The number of anilines is 3. The van der Waals surface area contributed by atoms with Gasteiger partial charge < -0.3 is 16.0 Å². The molecule has 0 aliphatic heterocycles. The number of carbonyl (C=O) groups excluding carboxylic acids is 2. The maximum Gasteiger partial charge on any atom is 0.257 e. The minimum Gasteiger partial charge on any atom is -0.376 e. The van der Waals surface area contributed by atoms with Crippen LogP contribution in [-0.2, 0) is 4.79 Å². The summed E-state index contributed by atoms with van der Waals surface area (Å²) in [6, 6.07) is 26.1. The lowest BCUT2D eigenvalue weighted by molar-refractivity contribution is -0.114. The Morgan fingerprint density at radius 3 is 2.18 bits per heavy atom. The molecule has 0 radical (unpaired) electrons. The largest absolute Gasteiger partial charge is 0.376 e. The summed E-state index contributed by atoms with van der Waals surface area (Å²) in [5, 5.41) is 13.4. The van der Waals surface area contributed by atoms with E-state index in [-0.39, 0.29) is 18.4 Å². The number of para-hydroxylation sites is 3. The summed E-state index contributed by atoms with van der Waals surface area (Å²) in [5.41, 5.74) is 4.92. The van der Waals surface area contributed by atoms with Gasteiger partial charge in [0.25, 0.3) is 5.91 Å². The van der Waals surface area contributed by atoms with Crippen molar-refractivity contribution in [3.8, 4) is 5.69 Å². The zero-order valence-electron chi connectivity index (χ0n) is 18.5. The Labute approximate surface area is 192 Å². The van der Waals surface area contributed by atoms with Crippen molar-refractivity contribution >= 4 is 28.9 Å². The molecule has 1 heterocycles. The third-order valence-electron chi connectivity index (χ3n) is 5.20. The van der Waals surface area contributed by atoms with Gasteiger partial charge in [-0.25, -0.2) is 4.68 Å². The Morgan fingerprint density at radius 2 is 1.45 bits per heavy atom. The maximum absolute atomic E-state index is 12.7. The van der Waals surface area contributed by atoms with Gasteiger partial charge >= 0.3 is 0 Å². The smallest absolute Gasteiger partial charge is 0.257 e. The van der Waals surface area contributed by atoms with Gasteiger partial charge in [-0.2, -0.15) is 5.10 Å². The molecule has 0 aliphatic rings. The fraction of sp³-hybridized carbons (Fsp3) is 0.115. The first-order valence-electron chi connectivity index (χ1n) is 10.6. The van der Waals surface area contributed by atoms with Gasteiger partial charge in [0.05, 0.1) is 34.9 Å². The molecule has 166 valence electrons. The number of amides is 2. The Kier molecular flexibility index (Phi) is 6.50. The Balaban J connectivity index is 1.43. The summed E-state index contributed by atoms with van der Waals surface area (Å²) in [7, 11) is 0. The van der Waals surface area contributed by atoms with E-state index in [4.69, 9.17) is 0 Å². The van der Waals surface area contributed by atoms with Crippen LogP contribution in [0.4, 0.5) is 17.1 Å². The van der Waals surface area contributed by atoms with Gasteiger partial charge in [0.2, 0.25) is 5.91 Å². The standard InChI is InChI=1S/C26H25N5O2/c1-18-25(19(2)31(30-18)21-13-7-4-8-14-21)29-24(32)17-27-23-16-10-9-15-22(23)26(33)28-20-11-5-3-6-12-20/h3-16,27H,17H2,1-2H3,(H,28,33)(H,29,32). The summed E-state index contributed by atoms with van der Waals surface area (Å²) in [5.74, 6) is -0.479. The number of nitrogens with one attached hydrogen (secondary N) is 3. The van der Waals surface area contributed by atoms with Crippen LogP contribution in [0, 0.1) is 13.8 Å². The monoisotopic (exact) mass is 439 g/mol. The van der Waals surface area contributed by atoms with Crippen LogP contribution < -0.4 is 16.0 Å². The summed E-state index contributed by atoms with van der Waals surface area (Å²) >= 11 is 0. The average Bonchev–Trinajstić information content (AvgIpc) is 3.12. The van der Waals surface area contributed by atoms with Crippen LogP contribution in [0.1, 0.15) is 21.7 Å². The number of nitrogens with zero attached hydrogens (tertiary/aromatic N) is 2. The zero-order valence-corrected chi connectivity index (χ0v) is 18.5. The van der Waals surface area contributed by atoms with Gasteiger partial charge in [-0.1, -0.05) is 48.5 Å². The lowest BCUT2D eigenvalue weighted by Crippen LogP contribution is -2.24. The molecule has 0 spiro atoms. The third kappa shape index (κ3) is 5.10. The molecule has 3 N–H and O–H groups in total. The van der Waals surface area contributed by atoms with Crippen molar-refractivity contribution in [1.82, 2.24) is 9.78 Å². The highest BCUT2D eigenvalue weighted by Crippen LogP contribution is 2.23. The quantitative estimate of drug-likeness (QED) is 0.386. The number of aromatic nitrogens is 2. The first-order valence-corrected chi connectivity index (χ1v) is 10.6. The Morgan fingerprint density at radius 1 is 0.818 bits per heavy atom. The molecule has 0 fully saturated rings. The number of hydrogen-bond acceptors (Lipinski definition) is 4. The summed E-state index contributed by atoms with van der Waals surface area (Å²) in [6.45, 7) is 3.78. The molecule has 0 bridgehead atoms. The van der Waals surface area contributed by atoms with Crippen molar-refractivity contribution in [1.29, 1.82) is 0 Å². The fourth-order valence-corrected chi connectivity index (χ4v) is 3.56. The maximum atomic E-state index is 12.7. The number of hydrogen-bond donors (Lipinski definition) is 3. The van der Waals surface area contributed by atoms with Crippen molar-refractivity contribution in [2.24, 2.45) is 0 Å². The van der Waals surface area contributed by atoms with Crippen LogP contribution in [-0.4, -0.2) is 28.1 Å². The first kappa shape index (κ1) is 21.8. The van der Waals surface area contributed by atoms with Crippen molar-refractivity contribution in [2.45, 2.75) is 13.8 Å². The molecule has 0 saturated heterocycles. The Hall–Kier alpha value is -4.39. The molecule has 7 nitrogen and oxygen atoms in total. The van der Waals surface area contributed by atoms with E-state index in [0.717, 1.165) is 17.1 Å². The molecule has 1 aromatic heterocycles. The number of aryl methyl sites for hydroxylation is 1. The third-order valence-corrected chi connectivity index (χ3v) is 5.20. The van der Waals surface area contributed by atoms with E-state index in [1.807, 2.05) is 85.3 Å². The van der Waals surface area contributed by atoms with Crippen LogP contribution >= 0.6 is 0 Å². The van der Waals surface area contributed by atoms with Crippen molar-refractivity contribution < 1.29 is 9.59 Å². The SMILES string of the molecule is Cc1nn(-c2ccccc2)c(C)c1NC(=O)CNc1ccccc1C(=O)Nc1ccccc1. The van der Waals surface area contributed by atoms with E-state index in [1.165, 1.54) is 0 Å². The highest BCUT2D eigenvalue weighted by molar-refractivity contribution is 6.08. The van der Waals surface area contributed by atoms with Crippen molar-refractivity contribution in [3.05, 3.63) is 102 Å². The molecular formula is C26H25N5O2. The lowest BCUT2D eigenvalue weighted by atomic mass is 10.1. The molecular weight excluding hydrogens is 414 g/mol. The second-order valence-corrected chi connectivity index (χ2v) is 7.56.